The van der Waals surface area contributed by atoms with E-state index in [1.54, 1.807) is 57.9 Å². The number of rotatable bonds is 17. The van der Waals surface area contributed by atoms with Gasteiger partial charge in [0, 0.05) is 57.0 Å². The van der Waals surface area contributed by atoms with E-state index < -0.39 is 42.3 Å². The molecular weight excluding hydrogens is 1060 g/mol. The quantitative estimate of drug-likeness (QED) is 0.0799. The molecule has 5 aliphatic rings. The van der Waals surface area contributed by atoms with Gasteiger partial charge in [0.2, 0.25) is 23.6 Å². The molecule has 4 aromatic carbocycles. The molecule has 6 amide bonds. The van der Waals surface area contributed by atoms with Crippen molar-refractivity contribution >= 4 is 69.7 Å². The van der Waals surface area contributed by atoms with Gasteiger partial charge in [0.1, 0.15) is 36.0 Å². The van der Waals surface area contributed by atoms with Gasteiger partial charge in [-0.15, -0.1) is 22.7 Å². The fraction of sp³-hybridized carbons (Fsp3) is 0.400. The molecule has 79 heavy (non-hydrogen) atoms. The van der Waals surface area contributed by atoms with Crippen LogP contribution in [0.25, 0.3) is 20.9 Å². The van der Waals surface area contributed by atoms with Crippen LogP contribution < -0.4 is 15.4 Å². The number of halogens is 1. The molecular formula is C60H63ClN8O8S2. The zero-order chi connectivity index (χ0) is 55.4. The van der Waals surface area contributed by atoms with E-state index in [1.807, 2.05) is 100 Å². The van der Waals surface area contributed by atoms with Crippen LogP contribution in [0.1, 0.15) is 114 Å². The lowest BCUT2D eigenvalue weighted by Crippen LogP contribution is -2.55. The van der Waals surface area contributed by atoms with E-state index in [2.05, 4.69) is 20.6 Å². The van der Waals surface area contributed by atoms with Gasteiger partial charge < -0.3 is 40.1 Å². The first kappa shape index (κ1) is 54.0. The highest BCUT2D eigenvalue weighted by atomic mass is 35.5. The Morgan fingerprint density at radius 2 is 1.28 bits per heavy atom. The molecule has 2 aromatic heterocycles. The number of hydrogen-bond acceptors (Lipinski definition) is 12. The molecule has 1 saturated carbocycles. The maximum atomic E-state index is 15.0. The van der Waals surface area contributed by atoms with E-state index in [4.69, 9.17) is 16.3 Å². The summed E-state index contributed by atoms with van der Waals surface area (Å²) in [6, 6.07) is 22.6. The van der Waals surface area contributed by atoms with Crippen molar-refractivity contribution in [3.63, 3.8) is 0 Å². The molecule has 0 spiro atoms. The molecule has 410 valence electrons. The summed E-state index contributed by atoms with van der Waals surface area (Å²) < 4.78 is 6.63. The average Bonchev–Trinajstić information content (AvgIpc) is 4.05. The van der Waals surface area contributed by atoms with E-state index in [-0.39, 0.29) is 93.5 Å². The topological polar surface area (TPSA) is 195 Å². The molecule has 4 aliphatic heterocycles. The van der Waals surface area contributed by atoms with Crippen LogP contribution >= 0.6 is 34.3 Å². The number of nitrogens with one attached hydrogen (secondary N) is 2. The predicted octanol–water partition coefficient (Wildman–Crippen LogP) is 8.38. The van der Waals surface area contributed by atoms with E-state index in [1.165, 1.54) is 19.6 Å². The van der Waals surface area contributed by atoms with Gasteiger partial charge in [0.15, 0.2) is 0 Å². The number of fused-ring (bicyclic) bond motifs is 2. The van der Waals surface area contributed by atoms with Gasteiger partial charge in [-0.2, -0.15) is 0 Å². The van der Waals surface area contributed by atoms with Crippen molar-refractivity contribution in [3.05, 3.63) is 146 Å². The molecule has 11 rings (SSSR count). The van der Waals surface area contributed by atoms with E-state index in [0.29, 0.717) is 33.4 Å². The van der Waals surface area contributed by atoms with E-state index in [0.717, 1.165) is 56.9 Å². The van der Waals surface area contributed by atoms with Crippen molar-refractivity contribution in [3.8, 4) is 26.6 Å². The number of aryl methyl sites for hydroxylation is 1. The number of aliphatic hydroxyl groups excluding tert-OH is 1. The summed E-state index contributed by atoms with van der Waals surface area (Å²) in [5, 5.41) is 17.3. The number of β-amino-alcohol motifs (C(OH)–C–C–N with tert-alkyl or cyclic N) is 1. The molecule has 2 saturated heterocycles. The van der Waals surface area contributed by atoms with Crippen LogP contribution in [0.5, 0.6) is 5.75 Å². The molecule has 6 aromatic rings. The van der Waals surface area contributed by atoms with Gasteiger partial charge in [0.05, 0.1) is 55.4 Å². The summed E-state index contributed by atoms with van der Waals surface area (Å²) in [5.41, 5.74) is 11.8. The monoisotopic (exact) mass is 1120 g/mol. The number of ether oxygens (including phenoxy) is 1. The highest BCUT2D eigenvalue weighted by molar-refractivity contribution is 7.13. The lowest BCUT2D eigenvalue weighted by atomic mass is 10.0. The molecule has 6 atom stereocenters. The normalized spacial score (nSPS) is 20.5. The number of carbonyl (C=O) groups excluding carboxylic acids is 6. The smallest absolute Gasteiger partial charge is 0.256 e. The second kappa shape index (κ2) is 22.3. The van der Waals surface area contributed by atoms with Crippen molar-refractivity contribution < 1.29 is 38.6 Å². The third-order valence-electron chi connectivity index (χ3n) is 16.0. The first-order valence-electron chi connectivity index (χ1n) is 27.1. The maximum Gasteiger partial charge on any atom is 0.256 e. The van der Waals surface area contributed by atoms with Crippen molar-refractivity contribution in [2.45, 2.75) is 129 Å². The van der Waals surface area contributed by atoms with Crippen LogP contribution in [0.2, 0.25) is 5.02 Å². The number of thiazole rings is 2. The molecule has 0 bridgehead atoms. The fourth-order valence-electron chi connectivity index (χ4n) is 11.8. The Labute approximate surface area is 472 Å². The number of amides is 6. The number of hydrogen-bond donors (Lipinski definition) is 3. The van der Waals surface area contributed by atoms with Crippen molar-refractivity contribution in [2.24, 2.45) is 11.8 Å². The van der Waals surface area contributed by atoms with Gasteiger partial charge in [-0.3, -0.25) is 28.8 Å². The van der Waals surface area contributed by atoms with Gasteiger partial charge in [-0.1, -0.05) is 100.0 Å². The Balaban J connectivity index is 0.772. The largest absolute Gasteiger partial charge is 0.488 e. The number of nitrogens with zero attached hydrogens (tertiary/aromatic N) is 6. The summed E-state index contributed by atoms with van der Waals surface area (Å²) in [4.78, 5) is 103. The Morgan fingerprint density at radius 3 is 1.87 bits per heavy atom. The minimum atomic E-state index is -0.945. The van der Waals surface area contributed by atoms with Crippen molar-refractivity contribution in [1.29, 1.82) is 0 Å². The number of aromatic nitrogens is 2. The van der Waals surface area contributed by atoms with Crippen molar-refractivity contribution in [2.75, 3.05) is 13.1 Å². The zero-order valence-electron chi connectivity index (χ0n) is 44.7. The van der Waals surface area contributed by atoms with Gasteiger partial charge >= 0.3 is 0 Å². The van der Waals surface area contributed by atoms with Gasteiger partial charge in [-0.25, -0.2) is 9.97 Å². The lowest BCUT2D eigenvalue weighted by molar-refractivity contribution is -0.143. The van der Waals surface area contributed by atoms with Gasteiger partial charge in [-0.05, 0) is 89.2 Å². The SMILES string of the molecule is Cc1ncsc1-c1ccc(CNC(=O)[C@@H]2C[C@@H](Oc3ccc4c(c3)CN([C@H](C(=O)N3C[C@H](O)C[C@H]3C(=O)NCc3ccc(-c5scnc5C5CC5)cc3)C(C)C)C4=O)CN2C(=O)[C@H](C(C)C)N2Cc3cccc(Cl)c3C2=O)cc1. The van der Waals surface area contributed by atoms with Crippen LogP contribution in [0.15, 0.2) is 96.0 Å². The summed E-state index contributed by atoms with van der Waals surface area (Å²) >= 11 is 9.72. The zero-order valence-corrected chi connectivity index (χ0v) is 47.1. The van der Waals surface area contributed by atoms with E-state index >= 15 is 0 Å². The molecule has 3 N–H and O–H groups in total. The Hall–Kier alpha value is -6.99. The predicted molar refractivity (Wildman–Crippen MR) is 301 cm³/mol. The second-order valence-electron chi connectivity index (χ2n) is 22.2. The lowest BCUT2D eigenvalue weighted by Gasteiger charge is -2.35. The molecule has 19 heteroatoms. The minimum absolute atomic E-state index is 0.0438. The third kappa shape index (κ3) is 10.8. The molecule has 3 fully saturated rings. The van der Waals surface area contributed by atoms with Crippen LogP contribution in [0, 0.1) is 18.8 Å². The van der Waals surface area contributed by atoms with Crippen LogP contribution in [0.3, 0.4) is 0 Å². The number of benzene rings is 4. The standard InChI is InChI=1S/C60H63ClN8O8S2/c1-32(2)51(59(75)66-28-42(70)22-47(66)55(71)62-24-36-11-15-39(16-12-36)54-50(37-17-18-37)65-31-79-54)68-27-41-21-43(19-20-45(41)57(68)73)77-44-23-48(56(72)63-25-35-9-13-38(14-10-35)53-34(5)64-30-78-53)67(29-44)60(76)52(33(3)4)69-26-40-7-6-8-46(61)49(40)58(69)74/h6-16,19-21,30-33,37,42,44,47-48,51-52,70H,17-18,22-29H2,1-5H3,(H,62,71)(H,63,72)/t42-,44-,47+,48+,51+,52+/m1/s1. The third-order valence-corrected chi connectivity index (χ3v) is 18.1. The first-order valence-corrected chi connectivity index (χ1v) is 29.2. The summed E-state index contributed by atoms with van der Waals surface area (Å²) in [6.45, 7) is 10.2. The molecule has 16 nitrogen and oxygen atoms in total. The number of carbonyl (C=O) groups is 6. The van der Waals surface area contributed by atoms with Crippen LogP contribution in [-0.4, -0.2) is 120 Å². The molecule has 0 unspecified atom stereocenters. The number of aliphatic hydroxyl groups is 1. The van der Waals surface area contributed by atoms with Crippen LogP contribution in [-0.2, 0) is 45.4 Å². The summed E-state index contributed by atoms with van der Waals surface area (Å²) in [7, 11) is 0. The van der Waals surface area contributed by atoms with Gasteiger partial charge in [0.25, 0.3) is 11.8 Å². The first-order chi connectivity index (χ1) is 38.0. The summed E-state index contributed by atoms with van der Waals surface area (Å²) in [6.07, 6.45) is 0.971. The maximum absolute atomic E-state index is 15.0. The van der Waals surface area contributed by atoms with E-state index in [9.17, 15) is 33.9 Å². The van der Waals surface area contributed by atoms with Crippen LogP contribution in [0.4, 0.5) is 0 Å². The summed E-state index contributed by atoms with van der Waals surface area (Å²) in [5.74, 6) is -1.97. The Bertz CT molecular complexity index is 3340. The molecule has 1 aliphatic carbocycles. The fourth-order valence-corrected chi connectivity index (χ4v) is 13.8. The average molecular weight is 1120 g/mol. The number of likely N-dealkylation sites (tertiary alicyclic amines) is 2. The van der Waals surface area contributed by atoms with Crippen molar-refractivity contribution in [1.82, 2.24) is 40.2 Å². The highest BCUT2D eigenvalue weighted by Gasteiger charge is 2.49. The Kier molecular flexibility index (Phi) is 15.2. The minimum Gasteiger partial charge on any atom is -0.488 e. The molecule has 0 radical (unpaired) electrons. The highest BCUT2D eigenvalue weighted by Crippen LogP contribution is 2.45. The molecule has 6 heterocycles. The Morgan fingerprint density at radius 1 is 0.709 bits per heavy atom. The second-order valence-corrected chi connectivity index (χ2v) is 24.3.